The number of amides is 1. The Balaban J connectivity index is 1.55. The van der Waals surface area contributed by atoms with Crippen LogP contribution in [0, 0.1) is 0 Å². The van der Waals surface area contributed by atoms with Crippen molar-refractivity contribution in [2.45, 2.75) is 25.8 Å². The molecule has 2 aromatic carbocycles. The van der Waals surface area contributed by atoms with Gasteiger partial charge in [-0.15, -0.1) is 0 Å². The SMILES string of the molecule is CCC(=O)N1CCC(n2c(=O)n(-c3ccc(Oc4ccccc4)cc3)c3c(N)ncnc32)C1. The number of carbonyl (C=O) groups is 1. The Kier molecular flexibility index (Phi) is 5.29. The topological polar surface area (TPSA) is 108 Å². The van der Waals surface area contributed by atoms with Crippen molar-refractivity contribution >= 4 is 22.9 Å². The molecule has 0 spiro atoms. The molecule has 1 fully saturated rings. The molecule has 3 heterocycles. The van der Waals surface area contributed by atoms with E-state index in [-0.39, 0.29) is 23.5 Å². The van der Waals surface area contributed by atoms with E-state index in [1.54, 1.807) is 33.7 Å². The zero-order chi connectivity index (χ0) is 22.9. The van der Waals surface area contributed by atoms with Crippen molar-refractivity contribution in [3.63, 3.8) is 0 Å². The van der Waals surface area contributed by atoms with Crippen molar-refractivity contribution in [2.75, 3.05) is 18.8 Å². The zero-order valence-corrected chi connectivity index (χ0v) is 18.2. The Labute approximate surface area is 190 Å². The molecule has 1 aliphatic rings. The molecule has 1 amide bonds. The van der Waals surface area contributed by atoms with Crippen molar-refractivity contribution in [3.8, 4) is 17.2 Å². The maximum absolute atomic E-state index is 13.6. The zero-order valence-electron chi connectivity index (χ0n) is 18.2. The number of nitrogens with two attached hydrogens (primary N) is 1. The first kappa shape index (κ1) is 20.7. The first-order chi connectivity index (χ1) is 16.1. The molecular formula is C24H24N6O3. The highest BCUT2D eigenvalue weighted by Gasteiger charge is 2.31. The second-order valence-electron chi connectivity index (χ2n) is 7.96. The molecule has 1 saturated heterocycles. The van der Waals surface area contributed by atoms with Gasteiger partial charge in [0.25, 0.3) is 0 Å². The Bertz CT molecular complexity index is 1360. The molecule has 1 aliphatic heterocycles. The second-order valence-corrected chi connectivity index (χ2v) is 7.96. The van der Waals surface area contributed by atoms with E-state index in [1.807, 2.05) is 37.3 Å². The molecular weight excluding hydrogens is 420 g/mol. The number of nitrogen functional groups attached to an aromatic ring is 1. The molecule has 2 aromatic heterocycles. The molecule has 0 saturated carbocycles. The average molecular weight is 444 g/mol. The van der Waals surface area contributed by atoms with E-state index in [4.69, 9.17) is 10.5 Å². The van der Waals surface area contributed by atoms with E-state index in [0.717, 1.165) is 5.75 Å². The predicted molar refractivity (Wildman–Crippen MR) is 125 cm³/mol. The fraction of sp³-hybridized carbons (Fsp3) is 0.250. The van der Waals surface area contributed by atoms with Gasteiger partial charge in [0.05, 0.1) is 11.7 Å². The number of rotatable bonds is 5. The predicted octanol–water partition coefficient (Wildman–Crippen LogP) is 3.14. The number of likely N-dealkylation sites (tertiary alicyclic amines) is 1. The van der Waals surface area contributed by atoms with Crippen LogP contribution in [0.25, 0.3) is 16.9 Å². The third-order valence-electron chi connectivity index (χ3n) is 5.94. The summed E-state index contributed by atoms with van der Waals surface area (Å²) < 4.78 is 9.04. The number of benzene rings is 2. The number of hydrogen-bond donors (Lipinski definition) is 1. The van der Waals surface area contributed by atoms with Gasteiger partial charge in [0.2, 0.25) is 5.91 Å². The monoisotopic (exact) mass is 444 g/mol. The molecule has 2 N–H and O–H groups in total. The van der Waals surface area contributed by atoms with Gasteiger partial charge in [0.15, 0.2) is 11.5 Å². The van der Waals surface area contributed by atoms with E-state index in [1.165, 1.54) is 10.9 Å². The minimum atomic E-state index is -0.260. The highest BCUT2D eigenvalue weighted by Crippen LogP contribution is 2.28. The number of carbonyl (C=O) groups excluding carboxylic acids is 1. The third kappa shape index (κ3) is 3.71. The Hall–Kier alpha value is -4.14. The van der Waals surface area contributed by atoms with E-state index in [0.29, 0.717) is 48.5 Å². The number of nitrogens with zero attached hydrogens (tertiary/aromatic N) is 5. The minimum Gasteiger partial charge on any atom is -0.457 e. The highest BCUT2D eigenvalue weighted by atomic mass is 16.5. The summed E-state index contributed by atoms with van der Waals surface area (Å²) in [5, 5.41) is 0. The number of fused-ring (bicyclic) bond motifs is 1. The van der Waals surface area contributed by atoms with Gasteiger partial charge in [-0.3, -0.25) is 13.9 Å². The van der Waals surface area contributed by atoms with Crippen LogP contribution in [0.1, 0.15) is 25.8 Å². The van der Waals surface area contributed by atoms with Gasteiger partial charge < -0.3 is 15.4 Å². The Morgan fingerprint density at radius 1 is 1.09 bits per heavy atom. The molecule has 0 bridgehead atoms. The van der Waals surface area contributed by atoms with Gasteiger partial charge in [-0.1, -0.05) is 25.1 Å². The summed E-state index contributed by atoms with van der Waals surface area (Å²) >= 11 is 0. The van der Waals surface area contributed by atoms with Crippen LogP contribution in [-0.4, -0.2) is 43.0 Å². The van der Waals surface area contributed by atoms with Gasteiger partial charge in [-0.25, -0.2) is 14.8 Å². The first-order valence-electron chi connectivity index (χ1n) is 10.9. The van der Waals surface area contributed by atoms with Crippen LogP contribution in [0.4, 0.5) is 5.82 Å². The molecule has 168 valence electrons. The van der Waals surface area contributed by atoms with Crippen LogP contribution in [0.2, 0.25) is 0 Å². The van der Waals surface area contributed by atoms with Gasteiger partial charge in [-0.05, 0) is 42.8 Å². The molecule has 1 unspecified atom stereocenters. The van der Waals surface area contributed by atoms with Gasteiger partial charge in [-0.2, -0.15) is 0 Å². The maximum atomic E-state index is 13.6. The number of para-hydroxylation sites is 1. The minimum absolute atomic E-state index is 0.0810. The number of imidazole rings is 1. The summed E-state index contributed by atoms with van der Waals surface area (Å²) in [6.45, 7) is 2.93. The molecule has 33 heavy (non-hydrogen) atoms. The summed E-state index contributed by atoms with van der Waals surface area (Å²) in [6.07, 6.45) is 2.48. The standard InChI is InChI=1S/C24H24N6O3/c1-2-20(31)28-13-12-17(14-28)30-23-21(22(25)26-15-27-23)29(24(30)32)16-8-10-19(11-9-16)33-18-6-4-3-5-7-18/h3-11,15,17H,2,12-14H2,1H3,(H2,25,26,27). The highest BCUT2D eigenvalue weighted by molar-refractivity contribution is 5.84. The second kappa shape index (κ2) is 8.42. The maximum Gasteiger partial charge on any atom is 0.335 e. The number of aromatic nitrogens is 4. The van der Waals surface area contributed by atoms with E-state index < -0.39 is 0 Å². The lowest BCUT2D eigenvalue weighted by molar-refractivity contribution is -0.129. The van der Waals surface area contributed by atoms with E-state index >= 15 is 0 Å². The summed E-state index contributed by atoms with van der Waals surface area (Å²) in [7, 11) is 0. The average Bonchev–Trinajstić information content (AvgIpc) is 3.43. The van der Waals surface area contributed by atoms with Crippen molar-refractivity contribution < 1.29 is 9.53 Å². The first-order valence-corrected chi connectivity index (χ1v) is 10.9. The lowest BCUT2D eigenvalue weighted by Crippen LogP contribution is -2.31. The van der Waals surface area contributed by atoms with Crippen molar-refractivity contribution in [2.24, 2.45) is 0 Å². The van der Waals surface area contributed by atoms with Gasteiger partial charge in [0, 0.05) is 19.5 Å². The summed E-state index contributed by atoms with van der Waals surface area (Å²) in [5.74, 6) is 1.68. The van der Waals surface area contributed by atoms with Crippen LogP contribution in [0.15, 0.2) is 65.7 Å². The summed E-state index contributed by atoms with van der Waals surface area (Å²) in [5.41, 5.74) is 7.48. The van der Waals surface area contributed by atoms with Gasteiger partial charge in [0.1, 0.15) is 23.3 Å². The molecule has 5 rings (SSSR count). The largest absolute Gasteiger partial charge is 0.457 e. The normalized spacial score (nSPS) is 15.8. The Morgan fingerprint density at radius 3 is 2.55 bits per heavy atom. The third-order valence-corrected chi connectivity index (χ3v) is 5.94. The smallest absolute Gasteiger partial charge is 0.335 e. The lowest BCUT2D eigenvalue weighted by atomic mass is 10.2. The van der Waals surface area contributed by atoms with Crippen LogP contribution < -0.4 is 16.2 Å². The molecule has 0 aliphatic carbocycles. The van der Waals surface area contributed by atoms with Crippen molar-refractivity contribution in [1.82, 2.24) is 24.0 Å². The van der Waals surface area contributed by atoms with E-state index in [2.05, 4.69) is 9.97 Å². The van der Waals surface area contributed by atoms with E-state index in [9.17, 15) is 9.59 Å². The Morgan fingerprint density at radius 2 is 1.82 bits per heavy atom. The molecule has 9 heteroatoms. The van der Waals surface area contributed by atoms with Crippen LogP contribution in [0.3, 0.4) is 0 Å². The fourth-order valence-corrected chi connectivity index (χ4v) is 4.33. The molecule has 0 radical (unpaired) electrons. The lowest BCUT2D eigenvalue weighted by Gasteiger charge is -2.16. The number of hydrogen-bond acceptors (Lipinski definition) is 6. The molecule has 1 atom stereocenters. The van der Waals surface area contributed by atoms with Crippen LogP contribution >= 0.6 is 0 Å². The number of anilines is 1. The van der Waals surface area contributed by atoms with Crippen LogP contribution in [-0.2, 0) is 4.79 Å². The quantitative estimate of drug-likeness (QED) is 0.507. The van der Waals surface area contributed by atoms with Gasteiger partial charge >= 0.3 is 5.69 Å². The van der Waals surface area contributed by atoms with Crippen molar-refractivity contribution in [3.05, 3.63) is 71.4 Å². The summed E-state index contributed by atoms with van der Waals surface area (Å²) in [6, 6.07) is 16.5. The van der Waals surface area contributed by atoms with Crippen molar-refractivity contribution in [1.29, 1.82) is 0 Å². The molecule has 9 nitrogen and oxygen atoms in total. The van der Waals surface area contributed by atoms with Crippen LogP contribution in [0.5, 0.6) is 11.5 Å². The number of ether oxygens (including phenoxy) is 1. The molecule has 4 aromatic rings. The summed E-state index contributed by atoms with van der Waals surface area (Å²) in [4.78, 5) is 36.1. The fourth-order valence-electron chi connectivity index (χ4n) is 4.33.